The Morgan fingerprint density at radius 1 is 0.515 bits per heavy atom. The number of nitrogens with one attached hydrogen (secondary N) is 1. The number of aliphatic hydroxyl groups is 5. The molecule has 7 atom stereocenters. The van der Waals surface area contributed by atoms with Gasteiger partial charge in [-0.2, -0.15) is 0 Å². The molecule has 1 fully saturated rings. The van der Waals surface area contributed by atoms with E-state index in [1.165, 1.54) is 180 Å². The Morgan fingerprint density at radius 2 is 0.894 bits per heavy atom. The van der Waals surface area contributed by atoms with E-state index < -0.39 is 49.5 Å². The number of unbranched alkanes of at least 4 members (excludes halogenated alkanes) is 31. The smallest absolute Gasteiger partial charge is 0.220 e. The molecule has 1 aliphatic rings. The minimum Gasteiger partial charge on any atom is -0.394 e. The lowest BCUT2D eigenvalue weighted by Crippen LogP contribution is -2.60. The van der Waals surface area contributed by atoms with Crippen molar-refractivity contribution in [3.63, 3.8) is 0 Å². The summed E-state index contributed by atoms with van der Waals surface area (Å²) in [6.45, 7) is 3.75. The van der Waals surface area contributed by atoms with Gasteiger partial charge in [0, 0.05) is 6.42 Å². The Hall–Kier alpha value is -1.85. The van der Waals surface area contributed by atoms with Crippen molar-refractivity contribution in [2.45, 2.75) is 294 Å². The highest BCUT2D eigenvalue weighted by Gasteiger charge is 2.44. The maximum atomic E-state index is 13.0. The van der Waals surface area contributed by atoms with Crippen LogP contribution in [0, 0.1) is 0 Å². The van der Waals surface area contributed by atoms with E-state index >= 15 is 0 Å². The summed E-state index contributed by atoms with van der Waals surface area (Å²) in [6.07, 6.45) is 54.8. The second-order valence-corrected chi connectivity index (χ2v) is 19.4. The van der Waals surface area contributed by atoms with Gasteiger partial charge in [-0.1, -0.05) is 236 Å². The molecule has 0 spiro atoms. The Kier molecular flexibility index (Phi) is 44.1. The number of ether oxygens (including phenoxy) is 2. The fourth-order valence-corrected chi connectivity index (χ4v) is 8.69. The molecule has 0 aliphatic carbocycles. The van der Waals surface area contributed by atoms with Gasteiger partial charge < -0.3 is 40.3 Å². The van der Waals surface area contributed by atoms with Gasteiger partial charge in [-0.3, -0.25) is 4.79 Å². The summed E-state index contributed by atoms with van der Waals surface area (Å²) in [5, 5.41) is 54.2. The van der Waals surface area contributed by atoms with Crippen molar-refractivity contribution < 1.29 is 39.8 Å². The molecule has 0 bridgehead atoms. The van der Waals surface area contributed by atoms with Gasteiger partial charge in [0.2, 0.25) is 5.91 Å². The van der Waals surface area contributed by atoms with E-state index in [1.807, 2.05) is 6.08 Å². The average molecular weight is 932 g/mol. The summed E-state index contributed by atoms with van der Waals surface area (Å²) in [7, 11) is 0. The van der Waals surface area contributed by atoms with Crippen molar-refractivity contribution in [1.82, 2.24) is 5.32 Å². The lowest BCUT2D eigenvalue weighted by molar-refractivity contribution is -0.302. The van der Waals surface area contributed by atoms with Crippen LogP contribution in [-0.4, -0.2) is 87.5 Å². The van der Waals surface area contributed by atoms with Crippen LogP contribution < -0.4 is 5.32 Å². The van der Waals surface area contributed by atoms with Crippen LogP contribution >= 0.6 is 0 Å². The summed E-state index contributed by atoms with van der Waals surface area (Å²) in [5.74, 6) is -0.177. The van der Waals surface area contributed by atoms with E-state index in [4.69, 9.17) is 9.47 Å². The Balaban J connectivity index is 2.09. The second-order valence-electron chi connectivity index (χ2n) is 19.4. The Bertz CT molecular complexity index is 1170. The first-order valence-electron chi connectivity index (χ1n) is 27.9. The average Bonchev–Trinajstić information content (AvgIpc) is 3.32. The summed E-state index contributed by atoms with van der Waals surface area (Å²) in [6, 6.07) is -0.802. The first kappa shape index (κ1) is 62.2. The van der Waals surface area contributed by atoms with E-state index in [9.17, 15) is 30.3 Å². The van der Waals surface area contributed by atoms with Gasteiger partial charge in [0.05, 0.1) is 25.4 Å². The molecule has 66 heavy (non-hydrogen) atoms. The number of aliphatic hydroxyl groups excluding tert-OH is 5. The molecule has 0 saturated carbocycles. The van der Waals surface area contributed by atoms with Crippen LogP contribution in [-0.2, 0) is 14.3 Å². The molecule has 386 valence electrons. The van der Waals surface area contributed by atoms with Crippen LogP contribution in [0.25, 0.3) is 0 Å². The van der Waals surface area contributed by atoms with E-state index in [2.05, 4.69) is 55.6 Å². The molecule has 0 radical (unpaired) electrons. The zero-order valence-corrected chi connectivity index (χ0v) is 42.7. The van der Waals surface area contributed by atoms with Crippen LogP contribution in [0.15, 0.2) is 48.6 Å². The maximum absolute atomic E-state index is 13.0. The third kappa shape index (κ3) is 36.2. The summed E-state index contributed by atoms with van der Waals surface area (Å²) < 4.78 is 11.2. The molecule has 9 nitrogen and oxygen atoms in total. The van der Waals surface area contributed by atoms with Crippen molar-refractivity contribution >= 4 is 5.91 Å². The summed E-state index contributed by atoms with van der Waals surface area (Å²) >= 11 is 0. The number of carbonyl (C=O) groups excluding carboxylic acids is 1. The van der Waals surface area contributed by atoms with E-state index in [0.29, 0.717) is 6.42 Å². The number of amides is 1. The highest BCUT2D eigenvalue weighted by molar-refractivity contribution is 5.76. The van der Waals surface area contributed by atoms with E-state index in [-0.39, 0.29) is 12.5 Å². The van der Waals surface area contributed by atoms with Crippen LogP contribution in [0.2, 0.25) is 0 Å². The van der Waals surface area contributed by atoms with Crippen molar-refractivity contribution in [2.75, 3.05) is 13.2 Å². The summed E-state index contributed by atoms with van der Waals surface area (Å²) in [4.78, 5) is 13.0. The third-order valence-electron chi connectivity index (χ3n) is 13.1. The number of rotatable bonds is 47. The van der Waals surface area contributed by atoms with Crippen LogP contribution in [0.5, 0.6) is 0 Å². The van der Waals surface area contributed by atoms with Crippen LogP contribution in [0.4, 0.5) is 0 Å². The Morgan fingerprint density at radius 3 is 1.32 bits per heavy atom. The predicted molar refractivity (Wildman–Crippen MR) is 276 cm³/mol. The maximum Gasteiger partial charge on any atom is 0.220 e. The third-order valence-corrected chi connectivity index (χ3v) is 13.1. The molecule has 1 rings (SSSR count). The molecule has 0 aromatic rings. The van der Waals surface area contributed by atoms with E-state index in [1.54, 1.807) is 6.08 Å². The number of carbonyl (C=O) groups is 1. The van der Waals surface area contributed by atoms with Crippen LogP contribution in [0.3, 0.4) is 0 Å². The van der Waals surface area contributed by atoms with E-state index in [0.717, 1.165) is 51.4 Å². The highest BCUT2D eigenvalue weighted by Crippen LogP contribution is 2.23. The van der Waals surface area contributed by atoms with Gasteiger partial charge in [0.1, 0.15) is 24.4 Å². The molecule has 6 N–H and O–H groups in total. The first-order valence-corrected chi connectivity index (χ1v) is 27.9. The van der Waals surface area contributed by atoms with Crippen molar-refractivity contribution in [1.29, 1.82) is 0 Å². The van der Waals surface area contributed by atoms with Gasteiger partial charge in [0.15, 0.2) is 6.29 Å². The standard InChI is InChI=1S/C57H105NO8/c1-3-5-7-9-11-13-15-16-17-18-19-20-21-22-23-24-25-26-27-28-29-30-31-32-33-34-35-36-37-39-41-43-45-47-53(61)58-50(49-65-57-56(64)55(63)54(62)52(48-59)66-57)51(60)46-44-42-40-38-14-12-10-8-6-4-2/h15-16,18-19,21-22,44,46,50-52,54-57,59-60,62-64H,3-14,17,20,23-43,45,47-49H2,1-2H3,(H,58,61)/b16-15-,19-18-,22-21-,46-44+. The minimum atomic E-state index is -1.56. The summed E-state index contributed by atoms with van der Waals surface area (Å²) in [5.41, 5.74) is 0. The number of allylic oxidation sites excluding steroid dienone is 7. The molecule has 9 heteroatoms. The molecule has 1 saturated heterocycles. The first-order chi connectivity index (χ1) is 32.3. The quantitative estimate of drug-likeness (QED) is 0.0261. The van der Waals surface area contributed by atoms with Crippen molar-refractivity contribution in [2.24, 2.45) is 0 Å². The zero-order valence-electron chi connectivity index (χ0n) is 42.7. The predicted octanol–water partition coefficient (Wildman–Crippen LogP) is 13.3. The molecule has 1 aliphatic heterocycles. The lowest BCUT2D eigenvalue weighted by Gasteiger charge is -2.40. The molecular weight excluding hydrogens is 827 g/mol. The fourth-order valence-electron chi connectivity index (χ4n) is 8.69. The fraction of sp³-hybridized carbons (Fsp3) is 0.842. The zero-order chi connectivity index (χ0) is 48.0. The lowest BCUT2D eigenvalue weighted by atomic mass is 9.99. The van der Waals surface area contributed by atoms with Gasteiger partial charge in [-0.25, -0.2) is 0 Å². The second kappa shape index (κ2) is 46.9. The molecule has 1 amide bonds. The Labute approximate surface area is 405 Å². The minimum absolute atomic E-state index is 0.177. The highest BCUT2D eigenvalue weighted by atomic mass is 16.7. The normalized spacial score (nSPS) is 20.1. The number of hydrogen-bond donors (Lipinski definition) is 6. The molecule has 0 aromatic heterocycles. The monoisotopic (exact) mass is 932 g/mol. The van der Waals surface area contributed by atoms with Gasteiger partial charge in [-0.15, -0.1) is 0 Å². The molecule has 1 heterocycles. The largest absolute Gasteiger partial charge is 0.394 e. The topological polar surface area (TPSA) is 149 Å². The van der Waals surface area contributed by atoms with Crippen LogP contribution in [0.1, 0.15) is 251 Å². The van der Waals surface area contributed by atoms with Gasteiger partial charge >= 0.3 is 0 Å². The SMILES string of the molecule is CCCCCCC/C=C\C/C=C\C/C=C\CCCCCCCCCCCCCCCCCCCCC(=O)NC(COC1OC(CO)C(O)C(O)C1O)C(O)/C=C/CCCCCCCCCC. The molecule has 0 aromatic carbocycles. The molecule has 7 unspecified atom stereocenters. The molecular formula is C57H105NO8. The number of hydrogen-bond acceptors (Lipinski definition) is 8. The van der Waals surface area contributed by atoms with Crippen molar-refractivity contribution in [3.05, 3.63) is 48.6 Å². The van der Waals surface area contributed by atoms with Gasteiger partial charge in [0.25, 0.3) is 0 Å². The van der Waals surface area contributed by atoms with Gasteiger partial charge in [-0.05, 0) is 57.8 Å². The van der Waals surface area contributed by atoms with Crippen molar-refractivity contribution in [3.8, 4) is 0 Å².